The molecule has 1 rings (SSSR count). The van der Waals surface area contributed by atoms with Crippen LogP contribution in [0.25, 0.3) is 0 Å². The third-order valence-corrected chi connectivity index (χ3v) is 1.27. The second-order valence-corrected chi connectivity index (χ2v) is 2.06. The molecule has 1 aliphatic rings. The van der Waals surface area contributed by atoms with Gasteiger partial charge in [0.2, 0.25) is 0 Å². The number of rotatable bonds is 1. The molecule has 0 saturated heterocycles. The summed E-state index contributed by atoms with van der Waals surface area (Å²) in [5, 5.41) is 11.0. The number of nitrogens with one attached hydrogen (secondary N) is 1. The van der Waals surface area contributed by atoms with E-state index in [2.05, 4.69) is 5.32 Å². The van der Waals surface area contributed by atoms with Crippen LogP contribution in [0.15, 0.2) is 12.3 Å². The van der Waals surface area contributed by atoms with Crippen LogP contribution in [0.4, 0.5) is 0 Å². The van der Waals surface area contributed by atoms with Crippen LogP contribution in [0.5, 0.6) is 0 Å². The summed E-state index contributed by atoms with van der Waals surface area (Å²) in [5.41, 5.74) is 0. The number of allylic oxidation sites excluding steroid dienone is 1. The molecule has 0 bridgehead atoms. The molecule has 0 aromatic heterocycles. The van der Waals surface area contributed by atoms with Gasteiger partial charge in [-0.15, -0.1) is 0 Å². The van der Waals surface area contributed by atoms with Crippen LogP contribution in [0.1, 0.15) is 6.42 Å². The normalized spacial score (nSPS) is 24.0. The number of ketones is 1. The molecule has 0 saturated carbocycles. The van der Waals surface area contributed by atoms with Gasteiger partial charge in [0.05, 0.1) is 0 Å². The molecule has 0 radical (unpaired) electrons. The standard InChI is InChI=1S/C6H7NO3/c8-4-1-2-7-5(3-4)6(9)10/h1-2,5,7H,3H2,(H,9,10). The number of carboxylic acid groups (broad SMARTS) is 1. The second kappa shape index (κ2) is 2.51. The van der Waals surface area contributed by atoms with Gasteiger partial charge in [-0.25, -0.2) is 4.79 Å². The van der Waals surface area contributed by atoms with Gasteiger partial charge in [0.1, 0.15) is 6.04 Å². The first kappa shape index (κ1) is 6.80. The average molecular weight is 141 g/mol. The molecule has 0 aromatic rings. The fourth-order valence-corrected chi connectivity index (χ4v) is 0.744. The van der Waals surface area contributed by atoms with E-state index in [9.17, 15) is 9.59 Å². The van der Waals surface area contributed by atoms with Gasteiger partial charge in [0.15, 0.2) is 5.78 Å². The van der Waals surface area contributed by atoms with Crippen molar-refractivity contribution in [3.05, 3.63) is 12.3 Å². The Kier molecular flexibility index (Phi) is 1.71. The van der Waals surface area contributed by atoms with Gasteiger partial charge in [0.25, 0.3) is 0 Å². The predicted molar refractivity (Wildman–Crippen MR) is 33.3 cm³/mol. The van der Waals surface area contributed by atoms with Gasteiger partial charge in [0, 0.05) is 12.6 Å². The molecule has 0 spiro atoms. The van der Waals surface area contributed by atoms with Crippen molar-refractivity contribution in [2.75, 3.05) is 0 Å². The van der Waals surface area contributed by atoms with Gasteiger partial charge in [-0.1, -0.05) is 0 Å². The summed E-state index contributed by atoms with van der Waals surface area (Å²) in [6.07, 6.45) is 2.75. The summed E-state index contributed by atoms with van der Waals surface area (Å²) in [5.74, 6) is -1.14. The molecule has 0 aliphatic carbocycles. The van der Waals surface area contributed by atoms with E-state index in [0.29, 0.717) is 0 Å². The van der Waals surface area contributed by atoms with E-state index in [1.54, 1.807) is 0 Å². The number of carbonyl (C=O) groups is 2. The Labute approximate surface area is 57.5 Å². The average Bonchev–Trinajstić information content (AvgIpc) is 1.88. The molecule has 10 heavy (non-hydrogen) atoms. The molecular formula is C6H7NO3. The van der Waals surface area contributed by atoms with Crippen molar-refractivity contribution in [1.82, 2.24) is 5.32 Å². The maximum absolute atomic E-state index is 10.6. The van der Waals surface area contributed by atoms with E-state index in [0.717, 1.165) is 0 Å². The number of hydrogen-bond acceptors (Lipinski definition) is 3. The summed E-state index contributed by atoms with van der Waals surface area (Å²) >= 11 is 0. The quantitative estimate of drug-likeness (QED) is 0.517. The van der Waals surface area contributed by atoms with Gasteiger partial charge in [-0.05, 0) is 6.08 Å². The number of aliphatic carboxylic acids is 1. The highest BCUT2D eigenvalue weighted by atomic mass is 16.4. The van der Waals surface area contributed by atoms with Crippen molar-refractivity contribution in [3.8, 4) is 0 Å². The van der Waals surface area contributed by atoms with Crippen molar-refractivity contribution < 1.29 is 14.7 Å². The number of carboxylic acids is 1. The molecule has 4 nitrogen and oxygen atoms in total. The van der Waals surface area contributed by atoms with Crippen LogP contribution >= 0.6 is 0 Å². The first-order chi connectivity index (χ1) is 4.70. The first-order valence-electron chi connectivity index (χ1n) is 2.88. The SMILES string of the molecule is O=C1C=CNC(C(=O)O)C1. The molecule has 54 valence electrons. The first-order valence-corrected chi connectivity index (χ1v) is 2.88. The zero-order chi connectivity index (χ0) is 7.56. The van der Waals surface area contributed by atoms with Crippen molar-refractivity contribution in [1.29, 1.82) is 0 Å². The molecule has 0 fully saturated rings. The molecule has 2 N–H and O–H groups in total. The zero-order valence-corrected chi connectivity index (χ0v) is 5.20. The van der Waals surface area contributed by atoms with Gasteiger partial charge < -0.3 is 10.4 Å². The minimum atomic E-state index is -0.988. The summed E-state index contributed by atoms with van der Waals surface area (Å²) in [7, 11) is 0. The Hall–Kier alpha value is -1.32. The summed E-state index contributed by atoms with van der Waals surface area (Å²) in [4.78, 5) is 20.8. The van der Waals surface area contributed by atoms with Gasteiger partial charge >= 0.3 is 5.97 Å². The molecule has 4 heteroatoms. The highest BCUT2D eigenvalue weighted by molar-refractivity contribution is 5.94. The Morgan fingerprint density at radius 2 is 2.50 bits per heavy atom. The summed E-state index contributed by atoms with van der Waals surface area (Å²) in [6.45, 7) is 0. The lowest BCUT2D eigenvalue weighted by Crippen LogP contribution is -2.37. The Bertz CT molecular complexity index is 197. The largest absolute Gasteiger partial charge is 0.480 e. The number of carbonyl (C=O) groups excluding carboxylic acids is 1. The van der Waals surface area contributed by atoms with Crippen LogP contribution in [0.3, 0.4) is 0 Å². The monoisotopic (exact) mass is 141 g/mol. The molecular weight excluding hydrogens is 134 g/mol. The molecule has 0 aromatic carbocycles. The lowest BCUT2D eigenvalue weighted by Gasteiger charge is -2.13. The van der Waals surface area contributed by atoms with E-state index in [1.165, 1.54) is 12.3 Å². The van der Waals surface area contributed by atoms with E-state index in [1.807, 2.05) is 0 Å². The Morgan fingerprint density at radius 1 is 1.80 bits per heavy atom. The van der Waals surface area contributed by atoms with Crippen molar-refractivity contribution in [2.24, 2.45) is 0 Å². The van der Waals surface area contributed by atoms with E-state index >= 15 is 0 Å². The minimum Gasteiger partial charge on any atom is -0.480 e. The van der Waals surface area contributed by atoms with Crippen molar-refractivity contribution in [3.63, 3.8) is 0 Å². The molecule has 0 amide bonds. The van der Waals surface area contributed by atoms with E-state index < -0.39 is 12.0 Å². The van der Waals surface area contributed by atoms with Crippen LogP contribution in [0, 0.1) is 0 Å². The van der Waals surface area contributed by atoms with Gasteiger partial charge in [-0.2, -0.15) is 0 Å². The van der Waals surface area contributed by atoms with Crippen LogP contribution < -0.4 is 5.32 Å². The summed E-state index contributed by atoms with van der Waals surface area (Å²) in [6, 6.07) is -0.738. The highest BCUT2D eigenvalue weighted by Gasteiger charge is 2.20. The third-order valence-electron chi connectivity index (χ3n) is 1.27. The van der Waals surface area contributed by atoms with E-state index in [-0.39, 0.29) is 12.2 Å². The topological polar surface area (TPSA) is 66.4 Å². The van der Waals surface area contributed by atoms with Crippen molar-refractivity contribution in [2.45, 2.75) is 12.5 Å². The molecule has 1 aliphatic heterocycles. The molecule has 1 unspecified atom stereocenters. The third kappa shape index (κ3) is 1.34. The molecule has 1 atom stereocenters. The van der Waals surface area contributed by atoms with Crippen LogP contribution in [-0.4, -0.2) is 22.9 Å². The molecule has 1 heterocycles. The second-order valence-electron chi connectivity index (χ2n) is 2.06. The summed E-state index contributed by atoms with van der Waals surface area (Å²) < 4.78 is 0. The maximum Gasteiger partial charge on any atom is 0.326 e. The van der Waals surface area contributed by atoms with E-state index in [4.69, 9.17) is 5.11 Å². The Balaban J connectivity index is 2.60. The minimum absolute atomic E-state index is 0.0475. The zero-order valence-electron chi connectivity index (χ0n) is 5.20. The van der Waals surface area contributed by atoms with Crippen LogP contribution in [0.2, 0.25) is 0 Å². The fraction of sp³-hybridized carbons (Fsp3) is 0.333. The van der Waals surface area contributed by atoms with Crippen molar-refractivity contribution >= 4 is 11.8 Å². The highest BCUT2D eigenvalue weighted by Crippen LogP contribution is 1.99. The number of hydrogen-bond donors (Lipinski definition) is 2. The smallest absolute Gasteiger partial charge is 0.326 e. The lowest BCUT2D eigenvalue weighted by molar-refractivity contribution is -0.140. The predicted octanol–water partition coefficient (Wildman–Crippen LogP) is -0.484. The lowest BCUT2D eigenvalue weighted by atomic mass is 10.1. The fourth-order valence-electron chi connectivity index (χ4n) is 0.744. The van der Waals surface area contributed by atoms with Gasteiger partial charge in [-0.3, -0.25) is 4.79 Å². The maximum atomic E-state index is 10.6. The Morgan fingerprint density at radius 3 is 2.90 bits per heavy atom. The van der Waals surface area contributed by atoms with Crippen LogP contribution in [-0.2, 0) is 9.59 Å².